The van der Waals surface area contributed by atoms with E-state index >= 15 is 0 Å². The third-order valence-electron chi connectivity index (χ3n) is 7.89. The molecule has 0 radical (unpaired) electrons. The van der Waals surface area contributed by atoms with E-state index in [0.29, 0.717) is 5.56 Å². The Balaban J connectivity index is 1.18. The number of benzene rings is 2. The number of likely N-dealkylation sites (N-methyl/N-ethyl adjacent to an activating group) is 1. The molecule has 2 aliphatic heterocycles. The second-order valence-corrected chi connectivity index (χ2v) is 12.0. The number of aromatic nitrogens is 4. The van der Waals surface area contributed by atoms with E-state index in [1.165, 1.54) is 11.3 Å². The Hall–Kier alpha value is -3.85. The molecule has 0 aliphatic carbocycles. The van der Waals surface area contributed by atoms with E-state index < -0.39 is 0 Å². The number of carbonyl (C=O) groups is 1. The van der Waals surface area contributed by atoms with Crippen LogP contribution in [0.2, 0.25) is 0 Å². The second-order valence-electron chi connectivity index (χ2n) is 12.0. The number of imidazole rings is 1. The summed E-state index contributed by atoms with van der Waals surface area (Å²) in [5.41, 5.74) is 7.11. The van der Waals surface area contributed by atoms with Gasteiger partial charge in [0.2, 0.25) is 0 Å². The molecule has 0 saturated carbocycles. The molecular formula is C30H38N8O. The van der Waals surface area contributed by atoms with Crippen LogP contribution in [-0.4, -0.2) is 63.3 Å². The van der Waals surface area contributed by atoms with Crippen molar-refractivity contribution >= 4 is 34.1 Å². The number of hydrogen-bond donors (Lipinski definition) is 3. The Kier molecular flexibility index (Phi) is 6.54. The van der Waals surface area contributed by atoms with Crippen LogP contribution >= 0.6 is 0 Å². The number of anilines is 3. The zero-order valence-electron chi connectivity index (χ0n) is 23.3. The number of hydrogen-bond acceptors (Lipinski definition) is 6. The van der Waals surface area contributed by atoms with Gasteiger partial charge in [0.15, 0.2) is 5.82 Å². The summed E-state index contributed by atoms with van der Waals surface area (Å²) in [6.07, 6.45) is 3.71. The van der Waals surface area contributed by atoms with Crippen molar-refractivity contribution in [3.63, 3.8) is 0 Å². The van der Waals surface area contributed by atoms with Crippen molar-refractivity contribution in [1.82, 2.24) is 30.0 Å². The van der Waals surface area contributed by atoms with Crippen molar-refractivity contribution in [2.75, 3.05) is 36.9 Å². The maximum atomic E-state index is 13.1. The molecule has 9 heteroatoms. The van der Waals surface area contributed by atoms with Gasteiger partial charge in [0.25, 0.3) is 5.91 Å². The molecule has 4 aromatic rings. The summed E-state index contributed by atoms with van der Waals surface area (Å²) in [4.78, 5) is 25.6. The third kappa shape index (κ3) is 5.36. The first-order valence-electron chi connectivity index (χ1n) is 13.9. The van der Waals surface area contributed by atoms with Gasteiger partial charge >= 0.3 is 0 Å². The van der Waals surface area contributed by atoms with E-state index in [0.717, 1.165) is 73.8 Å². The van der Waals surface area contributed by atoms with Gasteiger partial charge in [-0.2, -0.15) is 5.10 Å². The lowest BCUT2D eigenvalue weighted by Gasteiger charge is -2.35. The number of rotatable bonds is 5. The molecule has 2 aromatic heterocycles. The first kappa shape index (κ1) is 25.4. The van der Waals surface area contributed by atoms with E-state index in [1.54, 1.807) is 6.33 Å². The topological polar surface area (TPSA) is 94.1 Å². The van der Waals surface area contributed by atoms with Gasteiger partial charge in [0.1, 0.15) is 5.52 Å². The average Bonchev–Trinajstić information content (AvgIpc) is 3.55. The highest BCUT2D eigenvalue weighted by molar-refractivity contribution is 5.95. The number of nitrogens with zero attached hydrogens (tertiary/aromatic N) is 5. The molecule has 1 atom stereocenters. The number of aromatic amines is 1. The summed E-state index contributed by atoms with van der Waals surface area (Å²) in [6, 6.07) is 14.5. The van der Waals surface area contributed by atoms with Crippen molar-refractivity contribution < 1.29 is 4.79 Å². The third-order valence-corrected chi connectivity index (χ3v) is 7.89. The minimum absolute atomic E-state index is 0.0110. The molecule has 1 amide bonds. The van der Waals surface area contributed by atoms with Gasteiger partial charge in [-0.1, -0.05) is 32.9 Å². The SMILES string of the molecule is CN1CCn2nc(Nc3cc(N4CCC[C@@H](NC(=O)c5ccc(C(C)(C)C)cc5)C4)cc4[nH]cnc34)cc2C1. The molecule has 9 nitrogen and oxygen atoms in total. The maximum absolute atomic E-state index is 13.1. The summed E-state index contributed by atoms with van der Waals surface area (Å²) >= 11 is 0. The molecule has 6 rings (SSSR count). The highest BCUT2D eigenvalue weighted by atomic mass is 16.1. The summed E-state index contributed by atoms with van der Waals surface area (Å²) in [5, 5.41) is 11.6. The maximum Gasteiger partial charge on any atom is 0.251 e. The molecular weight excluding hydrogens is 488 g/mol. The van der Waals surface area contributed by atoms with Gasteiger partial charge in [-0.3, -0.25) is 14.4 Å². The molecule has 3 N–H and O–H groups in total. The largest absolute Gasteiger partial charge is 0.369 e. The van der Waals surface area contributed by atoms with Crippen LogP contribution in [0.5, 0.6) is 0 Å². The minimum Gasteiger partial charge on any atom is -0.369 e. The monoisotopic (exact) mass is 526 g/mol. The summed E-state index contributed by atoms with van der Waals surface area (Å²) in [6.45, 7) is 11.0. The van der Waals surface area contributed by atoms with Gasteiger partial charge in [0, 0.05) is 49.5 Å². The van der Waals surface area contributed by atoms with E-state index in [1.807, 2.05) is 12.1 Å². The number of amides is 1. The van der Waals surface area contributed by atoms with E-state index in [2.05, 4.69) is 93.2 Å². The molecule has 2 aliphatic rings. The van der Waals surface area contributed by atoms with Gasteiger partial charge < -0.3 is 20.5 Å². The van der Waals surface area contributed by atoms with Crippen LogP contribution in [0.1, 0.15) is 55.2 Å². The van der Waals surface area contributed by atoms with Gasteiger partial charge in [-0.15, -0.1) is 0 Å². The lowest BCUT2D eigenvalue weighted by Crippen LogP contribution is -2.47. The normalized spacial score (nSPS) is 18.3. The lowest BCUT2D eigenvalue weighted by atomic mass is 9.86. The molecule has 39 heavy (non-hydrogen) atoms. The molecule has 1 fully saturated rings. The zero-order chi connectivity index (χ0) is 27.1. The van der Waals surface area contributed by atoms with Crippen molar-refractivity contribution in [2.24, 2.45) is 0 Å². The number of nitrogens with one attached hydrogen (secondary N) is 3. The molecule has 1 saturated heterocycles. The number of carbonyl (C=O) groups excluding carboxylic acids is 1. The fraction of sp³-hybridized carbons (Fsp3) is 0.433. The van der Waals surface area contributed by atoms with Crippen molar-refractivity contribution in [3.8, 4) is 0 Å². The van der Waals surface area contributed by atoms with Gasteiger partial charge in [-0.25, -0.2) is 4.98 Å². The van der Waals surface area contributed by atoms with Crippen LogP contribution in [0.3, 0.4) is 0 Å². The Morgan fingerprint density at radius 1 is 1.08 bits per heavy atom. The highest BCUT2D eigenvalue weighted by Crippen LogP contribution is 2.32. The lowest BCUT2D eigenvalue weighted by molar-refractivity contribution is 0.0933. The average molecular weight is 527 g/mol. The molecule has 0 spiro atoms. The molecule has 0 bridgehead atoms. The smallest absolute Gasteiger partial charge is 0.251 e. The summed E-state index contributed by atoms with van der Waals surface area (Å²) in [5.74, 6) is 0.825. The van der Waals surface area contributed by atoms with Gasteiger partial charge in [0.05, 0.1) is 29.8 Å². The van der Waals surface area contributed by atoms with Gasteiger partial charge in [-0.05, 0) is 55.1 Å². The van der Waals surface area contributed by atoms with E-state index in [9.17, 15) is 4.79 Å². The number of fused-ring (bicyclic) bond motifs is 2. The van der Waals surface area contributed by atoms with Crippen LogP contribution in [0.25, 0.3) is 11.0 Å². The van der Waals surface area contributed by atoms with Crippen LogP contribution in [0, 0.1) is 0 Å². The standard InChI is InChI=1S/C30H38N8O/c1-30(2,3)21-9-7-20(8-10-21)29(39)33-22-6-5-11-37(17-22)23-14-25-28(32-19-31-25)26(15-23)34-27-16-24-18-36(4)12-13-38(24)35-27/h7-10,14-16,19,22H,5-6,11-13,17-18H2,1-4H3,(H,31,32)(H,33,39)(H,34,35)/t22-/m1/s1. The minimum atomic E-state index is -0.0110. The first-order valence-corrected chi connectivity index (χ1v) is 13.9. The van der Waals surface area contributed by atoms with Crippen LogP contribution in [-0.2, 0) is 18.5 Å². The second kappa shape index (κ2) is 10.0. The Bertz CT molecular complexity index is 1480. The van der Waals surface area contributed by atoms with Crippen LogP contribution in [0.15, 0.2) is 48.8 Å². The van der Waals surface area contributed by atoms with E-state index in [4.69, 9.17) is 5.10 Å². The first-order chi connectivity index (χ1) is 18.7. The van der Waals surface area contributed by atoms with Crippen LogP contribution < -0.4 is 15.5 Å². The number of piperidine rings is 1. The molecule has 204 valence electrons. The van der Waals surface area contributed by atoms with Crippen molar-refractivity contribution in [2.45, 2.75) is 58.2 Å². The summed E-state index contributed by atoms with van der Waals surface area (Å²) in [7, 11) is 2.14. The predicted octanol–water partition coefficient (Wildman–Crippen LogP) is 4.64. The highest BCUT2D eigenvalue weighted by Gasteiger charge is 2.24. The Labute approximate surface area is 229 Å². The van der Waals surface area contributed by atoms with Crippen LogP contribution in [0.4, 0.5) is 17.2 Å². The van der Waals surface area contributed by atoms with Crippen molar-refractivity contribution in [3.05, 3.63) is 65.6 Å². The fourth-order valence-corrected chi connectivity index (χ4v) is 5.63. The molecule has 0 unspecified atom stereocenters. The Morgan fingerprint density at radius 2 is 1.90 bits per heavy atom. The van der Waals surface area contributed by atoms with E-state index in [-0.39, 0.29) is 17.4 Å². The molecule has 4 heterocycles. The fourth-order valence-electron chi connectivity index (χ4n) is 5.63. The Morgan fingerprint density at radius 3 is 2.69 bits per heavy atom. The molecule has 2 aromatic carbocycles. The zero-order valence-corrected chi connectivity index (χ0v) is 23.3. The van der Waals surface area contributed by atoms with Crippen molar-refractivity contribution in [1.29, 1.82) is 0 Å². The number of H-pyrrole nitrogens is 1. The quantitative estimate of drug-likeness (QED) is 0.351. The predicted molar refractivity (Wildman–Crippen MR) is 156 cm³/mol. The summed E-state index contributed by atoms with van der Waals surface area (Å²) < 4.78 is 2.09.